The van der Waals surface area contributed by atoms with Crippen molar-refractivity contribution in [1.29, 1.82) is 0 Å². The Labute approximate surface area is 257 Å². The molecule has 5 atom stereocenters. The van der Waals surface area contributed by atoms with E-state index in [1.165, 1.54) is 10.9 Å². The maximum atomic E-state index is 12.3. The van der Waals surface area contributed by atoms with Crippen LogP contribution in [0.15, 0.2) is 12.7 Å². The number of carbonyl (C=O) groups is 4. The number of phosphoric acid groups is 1. The van der Waals surface area contributed by atoms with Crippen LogP contribution in [-0.4, -0.2) is 73.1 Å². The fourth-order valence-corrected chi connectivity index (χ4v) is 4.58. The molecule has 2 aliphatic heterocycles. The number of amides is 1. The number of rotatable bonds is 9. The zero-order valence-corrected chi connectivity index (χ0v) is 25.1. The van der Waals surface area contributed by atoms with Crippen molar-refractivity contribution in [1.82, 2.24) is 19.5 Å². The number of nitrogens with zero attached hydrogens (tertiary/aromatic N) is 4. The second-order valence-corrected chi connectivity index (χ2v) is 9.10. The normalized spacial score (nSPS) is 25.9. The molecule has 4 rings (SSSR count). The quantitative estimate of drug-likeness (QED) is 0.161. The van der Waals surface area contributed by atoms with Gasteiger partial charge < -0.3 is 39.5 Å². The van der Waals surface area contributed by atoms with Crippen molar-refractivity contribution in [2.75, 3.05) is 11.9 Å². The van der Waals surface area contributed by atoms with Gasteiger partial charge in [-0.2, -0.15) is 0 Å². The molecule has 38 heavy (non-hydrogen) atoms. The minimum atomic E-state index is -4.48. The predicted molar refractivity (Wildman–Crippen MR) is 107 cm³/mol. The summed E-state index contributed by atoms with van der Waals surface area (Å²) in [6.45, 7) is -0.372. The summed E-state index contributed by atoms with van der Waals surface area (Å²) >= 11 is 0. The number of hydrogen-bond acceptors (Lipinski definition) is 14. The molecule has 2 aliphatic rings. The van der Waals surface area contributed by atoms with Crippen molar-refractivity contribution < 1.29 is 116 Å². The van der Waals surface area contributed by atoms with E-state index in [0.717, 1.165) is 6.33 Å². The summed E-state index contributed by atoms with van der Waals surface area (Å²) < 4.78 is 34.3. The van der Waals surface area contributed by atoms with Crippen LogP contribution in [0.2, 0.25) is 0 Å². The van der Waals surface area contributed by atoms with Crippen molar-refractivity contribution in [3.05, 3.63) is 12.7 Å². The fourth-order valence-electron chi connectivity index (χ4n) is 3.63. The van der Waals surface area contributed by atoms with Gasteiger partial charge in [-0.05, 0) is 12.8 Å². The number of carbonyl (C=O) groups excluding carboxylic acids is 4. The third-order valence-corrected chi connectivity index (χ3v) is 6.18. The fraction of sp³-hybridized carbons (Fsp3) is 0.500. The third kappa shape index (κ3) is 7.79. The minimum absolute atomic E-state index is 0. The zero-order chi connectivity index (χ0) is 26.0. The first-order chi connectivity index (χ1) is 17.0. The van der Waals surface area contributed by atoms with E-state index in [1.54, 1.807) is 0 Å². The smallest absolute Gasteiger partial charge is 0.550 e. The maximum absolute atomic E-state index is 12.3. The number of imidazole rings is 1. The van der Waals surface area contributed by atoms with E-state index >= 15 is 0 Å². The van der Waals surface area contributed by atoms with Gasteiger partial charge in [0, 0.05) is 18.4 Å². The first-order valence-electron chi connectivity index (χ1n) is 10.4. The van der Waals surface area contributed by atoms with E-state index in [-0.39, 0.29) is 89.1 Å². The SMILES string of the molecule is O=C([O-])CCC(=O)Nc1ncnc2c1ncn2[C@@H]1O[C@@H]2COP(=O)(O)O[C@H]2[C@H]1OC(=O)CCC(=O)[O-].[Na+].[Na+]. The van der Waals surface area contributed by atoms with Gasteiger partial charge in [0.2, 0.25) is 5.91 Å². The van der Waals surface area contributed by atoms with E-state index in [2.05, 4.69) is 20.3 Å². The third-order valence-electron chi connectivity index (χ3n) is 5.19. The van der Waals surface area contributed by atoms with E-state index < -0.39 is 75.4 Å². The number of fused-ring (bicyclic) bond motifs is 2. The molecule has 2 fully saturated rings. The standard InChI is InChI=1S/C18H20N5O12P.2Na/c24-9(1-2-10(25)26)22-16-13-17(20-6-19-16)23(7-21-13)18-15(34-12(29)4-3-11(27)28)14-8(33-18)5-32-36(30,31)35-14;;/h6-8,14-15,18H,1-5H2,(H,25,26)(H,27,28)(H,30,31)(H,19,20,22,24);;/q;2*+1/p-2/t8-,14-,15-,18-;;/m1../s1. The average Bonchev–Trinajstić information content (AvgIpc) is 3.38. The van der Waals surface area contributed by atoms with Gasteiger partial charge in [-0.1, -0.05) is 0 Å². The number of ether oxygens (including phenoxy) is 2. The Morgan fingerprint density at radius 1 is 1.11 bits per heavy atom. The van der Waals surface area contributed by atoms with Crippen LogP contribution in [-0.2, 0) is 42.3 Å². The van der Waals surface area contributed by atoms with Crippen LogP contribution in [0.4, 0.5) is 5.82 Å². The van der Waals surface area contributed by atoms with E-state index in [0.29, 0.717) is 0 Å². The number of phosphoric ester groups is 1. The summed E-state index contributed by atoms with van der Waals surface area (Å²) in [6.07, 6.45) is -4.49. The van der Waals surface area contributed by atoms with Crippen LogP contribution in [0.1, 0.15) is 31.9 Å². The van der Waals surface area contributed by atoms with Gasteiger partial charge in [0.15, 0.2) is 29.3 Å². The van der Waals surface area contributed by atoms with Crippen LogP contribution in [0.25, 0.3) is 11.2 Å². The summed E-state index contributed by atoms with van der Waals surface area (Å²) in [4.78, 5) is 67.5. The average molecular weight is 573 g/mol. The van der Waals surface area contributed by atoms with Gasteiger partial charge in [0.1, 0.15) is 18.5 Å². The Hall–Kier alpha value is -1.50. The molecule has 2 saturated heterocycles. The molecule has 2 aromatic rings. The molecule has 2 N–H and O–H groups in total. The van der Waals surface area contributed by atoms with Crippen molar-refractivity contribution in [2.24, 2.45) is 0 Å². The first kappa shape index (κ1) is 32.7. The molecular weight excluding hydrogens is 555 g/mol. The summed E-state index contributed by atoms with van der Waals surface area (Å²) in [5, 5.41) is 23.7. The molecule has 0 saturated carbocycles. The number of aliphatic carboxylic acids is 2. The summed E-state index contributed by atoms with van der Waals surface area (Å²) in [5.74, 6) is -4.54. The van der Waals surface area contributed by atoms with Gasteiger partial charge in [-0.3, -0.25) is 23.2 Å². The molecule has 20 heteroatoms. The minimum Gasteiger partial charge on any atom is -0.550 e. The Bertz CT molecular complexity index is 1260. The van der Waals surface area contributed by atoms with E-state index in [1.807, 2.05) is 0 Å². The topological polar surface area (TPSA) is 244 Å². The molecule has 4 heterocycles. The molecule has 0 spiro atoms. The van der Waals surface area contributed by atoms with Crippen molar-refractivity contribution in [2.45, 2.75) is 50.2 Å². The molecule has 0 aliphatic carbocycles. The van der Waals surface area contributed by atoms with Crippen LogP contribution in [0.3, 0.4) is 0 Å². The molecule has 17 nitrogen and oxygen atoms in total. The van der Waals surface area contributed by atoms with Crippen LogP contribution in [0.5, 0.6) is 0 Å². The number of hydrogen-bond donors (Lipinski definition) is 2. The summed E-state index contributed by atoms with van der Waals surface area (Å²) in [7, 11) is -4.48. The predicted octanol–water partition coefficient (Wildman–Crippen LogP) is -8.84. The molecule has 0 radical (unpaired) electrons. The van der Waals surface area contributed by atoms with Gasteiger partial charge in [-0.15, -0.1) is 0 Å². The molecule has 1 amide bonds. The maximum Gasteiger partial charge on any atom is 1.00 e. The van der Waals surface area contributed by atoms with Crippen molar-refractivity contribution in [3.8, 4) is 0 Å². The number of nitrogens with one attached hydrogen (secondary N) is 1. The largest absolute Gasteiger partial charge is 1.00 e. The second kappa shape index (κ2) is 13.7. The molecule has 1 unspecified atom stereocenters. The van der Waals surface area contributed by atoms with E-state index in [9.17, 15) is 38.8 Å². The van der Waals surface area contributed by atoms with Gasteiger partial charge >= 0.3 is 72.9 Å². The Morgan fingerprint density at radius 2 is 1.79 bits per heavy atom. The molecule has 194 valence electrons. The van der Waals surface area contributed by atoms with Crippen LogP contribution < -0.4 is 74.6 Å². The molecular formula is C18H18N5Na2O12P. The summed E-state index contributed by atoms with van der Waals surface area (Å²) in [5.41, 5.74) is 0.164. The number of aromatic nitrogens is 4. The number of esters is 1. The van der Waals surface area contributed by atoms with Crippen LogP contribution >= 0.6 is 7.82 Å². The first-order valence-corrected chi connectivity index (χ1v) is 11.9. The van der Waals surface area contributed by atoms with Crippen LogP contribution in [0, 0.1) is 0 Å². The monoisotopic (exact) mass is 573 g/mol. The van der Waals surface area contributed by atoms with Crippen molar-refractivity contribution in [3.63, 3.8) is 0 Å². The van der Waals surface area contributed by atoms with Gasteiger partial charge in [0.25, 0.3) is 0 Å². The Balaban J connectivity index is 0.00000253. The summed E-state index contributed by atoms with van der Waals surface area (Å²) in [6, 6.07) is 0. The van der Waals surface area contributed by atoms with Gasteiger partial charge in [-0.25, -0.2) is 19.5 Å². The van der Waals surface area contributed by atoms with Crippen molar-refractivity contribution >= 4 is 48.6 Å². The zero-order valence-electron chi connectivity index (χ0n) is 20.2. The Kier molecular flexibility index (Phi) is 11.8. The number of anilines is 1. The molecule has 2 aromatic heterocycles. The number of carboxylic acids is 2. The molecule has 0 aromatic carbocycles. The Morgan fingerprint density at radius 3 is 2.47 bits per heavy atom. The number of carboxylic acid groups (broad SMARTS) is 2. The second-order valence-electron chi connectivity index (χ2n) is 7.69. The van der Waals surface area contributed by atoms with Gasteiger partial charge in [0.05, 0.1) is 19.4 Å². The van der Waals surface area contributed by atoms with E-state index in [4.69, 9.17) is 18.5 Å². The molecule has 0 bridgehead atoms.